The molecule has 2 aromatic carbocycles. The minimum Gasteiger partial charge on any atom is -0.465 e. The highest BCUT2D eigenvalue weighted by Crippen LogP contribution is 2.24. The van der Waals surface area contributed by atoms with Crippen LogP contribution in [0.4, 0.5) is 11.4 Å². The number of carbonyl (C=O) groups is 2. The van der Waals surface area contributed by atoms with Crippen LogP contribution >= 0.6 is 0 Å². The van der Waals surface area contributed by atoms with E-state index < -0.39 is 5.97 Å². The van der Waals surface area contributed by atoms with Crippen LogP contribution < -0.4 is 5.32 Å². The molecule has 0 atom stereocenters. The van der Waals surface area contributed by atoms with Crippen LogP contribution in [-0.2, 0) is 4.74 Å². The van der Waals surface area contributed by atoms with Crippen LogP contribution in [0.1, 0.15) is 20.7 Å². The van der Waals surface area contributed by atoms with Crippen molar-refractivity contribution in [1.82, 2.24) is 9.80 Å². The molecule has 1 aliphatic heterocycles. The number of piperazine rings is 1. The van der Waals surface area contributed by atoms with Crippen LogP contribution in [0.25, 0.3) is 0 Å². The number of hydrogen-bond acceptors (Lipinski definition) is 5. The molecule has 0 spiro atoms. The number of ether oxygens (including phenoxy) is 1. The highest BCUT2D eigenvalue weighted by atomic mass is 16.5. The van der Waals surface area contributed by atoms with Crippen LogP contribution in [0.3, 0.4) is 0 Å². The number of nitrogens with zero attached hydrogens (tertiary/aromatic N) is 3. The average molecular weight is 380 g/mol. The third-order valence-corrected chi connectivity index (χ3v) is 4.61. The van der Waals surface area contributed by atoms with Gasteiger partial charge in [-0.1, -0.05) is 18.2 Å². The molecule has 1 heterocycles. The van der Waals surface area contributed by atoms with Crippen molar-refractivity contribution in [1.29, 1.82) is 0 Å². The molecule has 1 saturated heterocycles. The first-order valence-electron chi connectivity index (χ1n) is 9.04. The molecule has 1 aliphatic rings. The number of amides is 1. The topological polar surface area (TPSA) is 74.2 Å². The van der Waals surface area contributed by atoms with E-state index in [1.165, 1.54) is 13.2 Å². The summed E-state index contributed by atoms with van der Waals surface area (Å²) in [6, 6.07) is 14.0. The molecule has 1 fully saturated rings. The number of aliphatic imine (C=N–C) groups is 1. The number of para-hydroxylation sites is 1. The lowest BCUT2D eigenvalue weighted by molar-refractivity contribution is 0.0600. The zero-order chi connectivity index (χ0) is 20.1. The van der Waals surface area contributed by atoms with Crippen molar-refractivity contribution in [2.75, 3.05) is 46.2 Å². The van der Waals surface area contributed by atoms with E-state index in [4.69, 9.17) is 9.73 Å². The Kier molecular flexibility index (Phi) is 6.06. The summed E-state index contributed by atoms with van der Waals surface area (Å²) in [5, 5.41) is 2.86. The number of hydrogen-bond donors (Lipinski definition) is 1. The fourth-order valence-electron chi connectivity index (χ4n) is 2.93. The van der Waals surface area contributed by atoms with Crippen molar-refractivity contribution in [3.8, 4) is 0 Å². The summed E-state index contributed by atoms with van der Waals surface area (Å²) in [5.41, 5.74) is 1.81. The van der Waals surface area contributed by atoms with Crippen molar-refractivity contribution in [3.05, 3.63) is 59.7 Å². The zero-order valence-corrected chi connectivity index (χ0v) is 16.3. The van der Waals surface area contributed by atoms with Crippen LogP contribution in [0.15, 0.2) is 53.5 Å². The fraction of sp³-hybridized carbons (Fsp3) is 0.286. The van der Waals surface area contributed by atoms with Gasteiger partial charge in [-0.25, -0.2) is 9.79 Å². The summed E-state index contributed by atoms with van der Waals surface area (Å²) in [4.78, 5) is 33.8. The van der Waals surface area contributed by atoms with Gasteiger partial charge in [0.15, 0.2) is 0 Å². The molecule has 0 unspecified atom stereocenters. The summed E-state index contributed by atoms with van der Waals surface area (Å²) in [6.07, 6.45) is 0. The van der Waals surface area contributed by atoms with Crippen LogP contribution in [0.2, 0.25) is 0 Å². The normalized spacial score (nSPS) is 16.1. The monoisotopic (exact) mass is 380 g/mol. The van der Waals surface area contributed by atoms with Gasteiger partial charge in [0, 0.05) is 25.8 Å². The minimum atomic E-state index is -0.498. The van der Waals surface area contributed by atoms with E-state index in [9.17, 15) is 9.59 Å². The smallest absolute Gasteiger partial charge is 0.337 e. The Morgan fingerprint density at radius 2 is 1.82 bits per heavy atom. The number of rotatable bonds is 4. The standard InChI is InChI=1S/C21H24N4O3/c1-24-11-12-25(2)19(14-24)23-18-10-9-15(21(27)28-3)13-17(18)20(26)22-16-7-5-4-6-8-16/h4-10,13H,11-12,14H2,1-3H3,(H,22,26). The first kappa shape index (κ1) is 19.6. The van der Waals surface area contributed by atoms with Crippen LogP contribution in [0.5, 0.6) is 0 Å². The van der Waals surface area contributed by atoms with E-state index in [0.717, 1.165) is 18.9 Å². The SMILES string of the molecule is COC(=O)c1ccc(N=C2CN(C)CCN2C)c(C(=O)Nc2ccccc2)c1. The predicted molar refractivity (Wildman–Crippen MR) is 109 cm³/mol. The third-order valence-electron chi connectivity index (χ3n) is 4.61. The van der Waals surface area contributed by atoms with E-state index in [2.05, 4.69) is 15.1 Å². The highest BCUT2D eigenvalue weighted by molar-refractivity contribution is 6.09. The molecule has 7 heteroatoms. The van der Waals surface area contributed by atoms with Gasteiger partial charge in [0.1, 0.15) is 5.84 Å². The maximum atomic E-state index is 12.9. The summed E-state index contributed by atoms with van der Waals surface area (Å²) < 4.78 is 4.79. The van der Waals surface area contributed by atoms with Crippen molar-refractivity contribution in [2.24, 2.45) is 4.99 Å². The first-order chi connectivity index (χ1) is 13.5. The van der Waals surface area contributed by atoms with E-state index in [1.807, 2.05) is 32.3 Å². The van der Waals surface area contributed by atoms with Crippen molar-refractivity contribution in [3.63, 3.8) is 0 Å². The number of likely N-dealkylation sites (N-methyl/N-ethyl adjacent to an activating group) is 2. The Balaban J connectivity index is 1.99. The number of methoxy groups -OCH3 is 1. The lowest BCUT2D eigenvalue weighted by Gasteiger charge is -2.32. The third kappa shape index (κ3) is 4.55. The van der Waals surface area contributed by atoms with Gasteiger partial charge in [-0.3, -0.25) is 9.69 Å². The maximum absolute atomic E-state index is 12.9. The number of esters is 1. The Morgan fingerprint density at radius 3 is 2.54 bits per heavy atom. The van der Waals surface area contributed by atoms with Gasteiger partial charge in [0.25, 0.3) is 5.91 Å². The van der Waals surface area contributed by atoms with E-state index >= 15 is 0 Å². The largest absolute Gasteiger partial charge is 0.465 e. The van der Waals surface area contributed by atoms with Gasteiger partial charge in [0.2, 0.25) is 0 Å². The lowest BCUT2D eigenvalue weighted by Crippen LogP contribution is -2.46. The van der Waals surface area contributed by atoms with Crippen molar-refractivity contribution < 1.29 is 14.3 Å². The molecule has 3 rings (SSSR count). The van der Waals surface area contributed by atoms with Crippen LogP contribution in [0, 0.1) is 0 Å². The second-order valence-electron chi connectivity index (χ2n) is 6.73. The quantitative estimate of drug-likeness (QED) is 0.826. The first-order valence-corrected chi connectivity index (χ1v) is 9.04. The highest BCUT2D eigenvalue weighted by Gasteiger charge is 2.20. The Labute approximate surface area is 164 Å². The van der Waals surface area contributed by atoms with Gasteiger partial charge in [0.05, 0.1) is 30.5 Å². The van der Waals surface area contributed by atoms with Crippen LogP contribution in [-0.4, -0.2) is 68.4 Å². The number of benzene rings is 2. The summed E-state index contributed by atoms with van der Waals surface area (Å²) in [7, 11) is 5.33. The number of nitrogens with one attached hydrogen (secondary N) is 1. The molecule has 1 amide bonds. The number of carbonyl (C=O) groups excluding carboxylic acids is 2. The Bertz CT molecular complexity index is 896. The molecule has 146 valence electrons. The van der Waals surface area contributed by atoms with Gasteiger partial charge < -0.3 is 15.0 Å². The molecule has 0 saturated carbocycles. The molecule has 2 aromatic rings. The summed E-state index contributed by atoms with van der Waals surface area (Å²) >= 11 is 0. The Hall–Kier alpha value is -3.19. The van der Waals surface area contributed by atoms with Crippen molar-refractivity contribution >= 4 is 29.1 Å². The lowest BCUT2D eigenvalue weighted by atomic mass is 10.1. The van der Waals surface area contributed by atoms with Crippen molar-refractivity contribution in [2.45, 2.75) is 0 Å². The molecule has 28 heavy (non-hydrogen) atoms. The molecule has 1 N–H and O–H groups in total. The zero-order valence-electron chi connectivity index (χ0n) is 16.3. The number of amidine groups is 1. The molecule has 7 nitrogen and oxygen atoms in total. The fourth-order valence-corrected chi connectivity index (χ4v) is 2.93. The second-order valence-corrected chi connectivity index (χ2v) is 6.73. The molecule has 0 radical (unpaired) electrons. The molecular formula is C21H24N4O3. The van der Waals surface area contributed by atoms with Gasteiger partial charge in [-0.2, -0.15) is 0 Å². The number of anilines is 1. The van der Waals surface area contributed by atoms with E-state index in [-0.39, 0.29) is 5.91 Å². The summed E-state index contributed by atoms with van der Waals surface area (Å²) in [6.45, 7) is 2.51. The predicted octanol–water partition coefficient (Wildman–Crippen LogP) is 2.63. The van der Waals surface area contributed by atoms with E-state index in [0.29, 0.717) is 29.0 Å². The average Bonchev–Trinajstić information content (AvgIpc) is 2.71. The molecular weight excluding hydrogens is 356 g/mol. The minimum absolute atomic E-state index is 0.304. The molecule has 0 aliphatic carbocycles. The van der Waals surface area contributed by atoms with Gasteiger partial charge in [-0.15, -0.1) is 0 Å². The van der Waals surface area contributed by atoms with Gasteiger partial charge in [-0.05, 0) is 37.4 Å². The maximum Gasteiger partial charge on any atom is 0.337 e. The van der Waals surface area contributed by atoms with E-state index in [1.54, 1.807) is 24.3 Å². The molecule has 0 aromatic heterocycles. The second kappa shape index (κ2) is 8.67. The summed E-state index contributed by atoms with van der Waals surface area (Å²) in [5.74, 6) is 0.0407. The molecule has 0 bridgehead atoms. The Morgan fingerprint density at radius 1 is 1.07 bits per heavy atom. The van der Waals surface area contributed by atoms with Gasteiger partial charge >= 0.3 is 5.97 Å².